The smallest absolute Gasteiger partial charge is 0.160 e. The molecule has 0 atom stereocenters. The van der Waals surface area contributed by atoms with Gasteiger partial charge in [-0.15, -0.1) is 0 Å². The Hall–Kier alpha value is -6.52. The summed E-state index contributed by atoms with van der Waals surface area (Å²) < 4.78 is 4.68. The van der Waals surface area contributed by atoms with Gasteiger partial charge >= 0.3 is 0 Å². The molecule has 0 unspecified atom stereocenters. The number of fused-ring (bicyclic) bond motifs is 7. The van der Waals surface area contributed by atoms with Crippen molar-refractivity contribution in [2.75, 3.05) is 0 Å². The second-order valence-corrected chi connectivity index (χ2v) is 12.3. The molecule has 0 aliphatic heterocycles. The first-order valence-corrected chi connectivity index (χ1v) is 16.3. The van der Waals surface area contributed by atoms with Crippen LogP contribution >= 0.6 is 0 Å². The summed E-state index contributed by atoms with van der Waals surface area (Å²) in [5.41, 5.74) is 9.67. The van der Waals surface area contributed by atoms with Gasteiger partial charge in [-0.3, -0.25) is 0 Å². The first-order valence-electron chi connectivity index (χ1n) is 16.3. The number of rotatable bonds is 4. The molecule has 10 aromatic rings. The van der Waals surface area contributed by atoms with Crippen molar-refractivity contribution in [3.8, 4) is 34.0 Å². The summed E-state index contributed by atoms with van der Waals surface area (Å²) in [6.45, 7) is 0. The van der Waals surface area contributed by atoms with Gasteiger partial charge in [0.1, 0.15) is 0 Å². The zero-order valence-corrected chi connectivity index (χ0v) is 26.0. The molecule has 10 rings (SSSR count). The van der Waals surface area contributed by atoms with Gasteiger partial charge in [-0.25, -0.2) is 9.97 Å². The lowest BCUT2D eigenvalue weighted by molar-refractivity contribution is 1.13. The number of benzene rings is 7. The van der Waals surface area contributed by atoms with E-state index in [1.165, 1.54) is 32.4 Å². The Bertz CT molecular complexity index is 2840. The lowest BCUT2D eigenvalue weighted by Gasteiger charge is -2.12. The van der Waals surface area contributed by atoms with E-state index >= 15 is 0 Å². The average molecular weight is 613 g/mol. The van der Waals surface area contributed by atoms with E-state index in [4.69, 9.17) is 9.97 Å². The van der Waals surface area contributed by atoms with Crippen molar-refractivity contribution in [3.63, 3.8) is 0 Å². The zero-order valence-electron chi connectivity index (χ0n) is 26.0. The predicted molar refractivity (Wildman–Crippen MR) is 199 cm³/mol. The van der Waals surface area contributed by atoms with E-state index in [1.54, 1.807) is 0 Å². The van der Waals surface area contributed by atoms with E-state index in [-0.39, 0.29) is 0 Å². The van der Waals surface area contributed by atoms with Crippen LogP contribution in [0.2, 0.25) is 0 Å². The van der Waals surface area contributed by atoms with Crippen molar-refractivity contribution >= 4 is 54.4 Å². The maximum absolute atomic E-state index is 5.25. The van der Waals surface area contributed by atoms with Crippen LogP contribution in [0.5, 0.6) is 0 Å². The van der Waals surface area contributed by atoms with Crippen LogP contribution in [-0.2, 0) is 0 Å². The molecule has 3 aromatic heterocycles. The SMILES string of the molecule is c1ccc(-n2ccc3ccc4c(c5ccccc5n4-c4cccc(-c5nc(-c6ccc7ccccc7c6)c6ccccc6n5)c4)c32)cc1. The fraction of sp³-hybridized carbons (Fsp3) is 0. The van der Waals surface area contributed by atoms with Crippen molar-refractivity contribution < 1.29 is 0 Å². The molecule has 0 saturated heterocycles. The molecular weight excluding hydrogens is 585 g/mol. The summed E-state index contributed by atoms with van der Waals surface area (Å²) in [4.78, 5) is 10.3. The van der Waals surface area contributed by atoms with E-state index in [2.05, 4.69) is 173 Å². The van der Waals surface area contributed by atoms with Crippen LogP contribution in [0.1, 0.15) is 0 Å². The fourth-order valence-electron chi connectivity index (χ4n) is 7.31. The summed E-state index contributed by atoms with van der Waals surface area (Å²) in [6.07, 6.45) is 2.18. The van der Waals surface area contributed by atoms with Gasteiger partial charge in [0, 0.05) is 50.2 Å². The minimum atomic E-state index is 0.708. The summed E-state index contributed by atoms with van der Waals surface area (Å²) in [5, 5.41) is 7.13. The van der Waals surface area contributed by atoms with Crippen molar-refractivity contribution in [1.82, 2.24) is 19.1 Å². The molecule has 224 valence electrons. The first-order chi connectivity index (χ1) is 23.8. The summed E-state index contributed by atoms with van der Waals surface area (Å²) in [7, 11) is 0. The third-order valence-electron chi connectivity index (χ3n) is 9.51. The van der Waals surface area contributed by atoms with Gasteiger partial charge in [0.25, 0.3) is 0 Å². The Kier molecular flexibility index (Phi) is 5.84. The zero-order chi connectivity index (χ0) is 31.6. The molecule has 0 N–H and O–H groups in total. The van der Waals surface area contributed by atoms with Crippen LogP contribution in [-0.4, -0.2) is 19.1 Å². The van der Waals surface area contributed by atoms with Crippen LogP contribution in [0.15, 0.2) is 170 Å². The molecule has 0 aliphatic carbocycles. The van der Waals surface area contributed by atoms with Gasteiger partial charge < -0.3 is 9.13 Å². The van der Waals surface area contributed by atoms with E-state index in [0.29, 0.717) is 5.82 Å². The van der Waals surface area contributed by atoms with Crippen molar-refractivity contribution in [3.05, 3.63) is 170 Å². The number of hydrogen-bond acceptors (Lipinski definition) is 2. The second kappa shape index (κ2) is 10.5. The number of nitrogens with zero attached hydrogens (tertiary/aromatic N) is 4. The molecule has 4 heteroatoms. The summed E-state index contributed by atoms with van der Waals surface area (Å²) in [6, 6.07) is 58.0. The molecule has 0 fully saturated rings. The van der Waals surface area contributed by atoms with Crippen LogP contribution in [0.4, 0.5) is 0 Å². The number of hydrogen-bond donors (Lipinski definition) is 0. The fourth-order valence-corrected chi connectivity index (χ4v) is 7.31. The Morgan fingerprint density at radius 3 is 2.10 bits per heavy atom. The van der Waals surface area contributed by atoms with Crippen molar-refractivity contribution in [2.24, 2.45) is 0 Å². The van der Waals surface area contributed by atoms with Crippen molar-refractivity contribution in [2.45, 2.75) is 0 Å². The highest BCUT2D eigenvalue weighted by atomic mass is 15.0. The molecule has 48 heavy (non-hydrogen) atoms. The lowest BCUT2D eigenvalue weighted by Crippen LogP contribution is -1.98. The predicted octanol–water partition coefficient (Wildman–Crippen LogP) is 11.2. The molecular formula is C44H28N4. The lowest BCUT2D eigenvalue weighted by atomic mass is 10.0. The van der Waals surface area contributed by atoms with Crippen LogP contribution in [0, 0.1) is 0 Å². The minimum Gasteiger partial charge on any atom is -0.316 e. The van der Waals surface area contributed by atoms with Gasteiger partial charge in [0.05, 0.1) is 27.8 Å². The second-order valence-electron chi connectivity index (χ2n) is 12.3. The molecule has 4 nitrogen and oxygen atoms in total. The summed E-state index contributed by atoms with van der Waals surface area (Å²) in [5.74, 6) is 0.708. The van der Waals surface area contributed by atoms with Gasteiger partial charge in [-0.05, 0) is 65.4 Å². The third-order valence-corrected chi connectivity index (χ3v) is 9.51. The Labute approximate surface area is 276 Å². The third kappa shape index (κ3) is 4.10. The van der Waals surface area contributed by atoms with E-state index in [9.17, 15) is 0 Å². The van der Waals surface area contributed by atoms with E-state index < -0.39 is 0 Å². The van der Waals surface area contributed by atoms with E-state index in [0.717, 1.165) is 50.1 Å². The molecule has 0 spiro atoms. The van der Waals surface area contributed by atoms with Gasteiger partial charge in [-0.1, -0.05) is 109 Å². The largest absolute Gasteiger partial charge is 0.316 e. The highest BCUT2D eigenvalue weighted by Crippen LogP contribution is 2.39. The molecule has 7 aromatic carbocycles. The highest BCUT2D eigenvalue weighted by molar-refractivity contribution is 6.20. The molecule has 0 saturated carbocycles. The summed E-state index contributed by atoms with van der Waals surface area (Å²) >= 11 is 0. The maximum Gasteiger partial charge on any atom is 0.160 e. The average Bonchev–Trinajstić information content (AvgIpc) is 3.74. The standard InChI is InChI=1S/C44H28N4/c1-2-14-34(15-3-1)47-26-25-30-23-24-40-41(43(30)47)37-18-7-9-20-39(37)48(40)35-16-10-13-33(28-35)44-45-38-19-8-6-17-36(38)42(46-44)32-22-21-29-11-4-5-12-31(29)27-32/h1-28H. The van der Waals surface area contributed by atoms with Gasteiger partial charge in [0.15, 0.2) is 5.82 Å². The van der Waals surface area contributed by atoms with Crippen LogP contribution in [0.3, 0.4) is 0 Å². The van der Waals surface area contributed by atoms with E-state index in [1.807, 2.05) is 6.07 Å². The molecule has 3 heterocycles. The minimum absolute atomic E-state index is 0.708. The Morgan fingerprint density at radius 2 is 1.19 bits per heavy atom. The highest BCUT2D eigenvalue weighted by Gasteiger charge is 2.18. The molecule has 0 amide bonds. The van der Waals surface area contributed by atoms with Crippen LogP contribution < -0.4 is 0 Å². The number of aromatic nitrogens is 4. The topological polar surface area (TPSA) is 35.6 Å². The molecule has 0 radical (unpaired) electrons. The quantitative estimate of drug-likeness (QED) is 0.198. The number of para-hydroxylation sites is 3. The van der Waals surface area contributed by atoms with Crippen LogP contribution in [0.25, 0.3) is 88.4 Å². The first kappa shape index (κ1) is 26.7. The molecule has 0 aliphatic rings. The molecule has 0 bridgehead atoms. The van der Waals surface area contributed by atoms with Gasteiger partial charge in [0.2, 0.25) is 0 Å². The Morgan fingerprint density at radius 1 is 0.438 bits per heavy atom. The Balaban J connectivity index is 1.19. The monoisotopic (exact) mass is 612 g/mol. The van der Waals surface area contributed by atoms with Crippen molar-refractivity contribution in [1.29, 1.82) is 0 Å². The van der Waals surface area contributed by atoms with Gasteiger partial charge in [-0.2, -0.15) is 0 Å². The normalized spacial score (nSPS) is 11.8. The maximum atomic E-state index is 5.25.